The van der Waals surface area contributed by atoms with E-state index in [0.29, 0.717) is 19.7 Å². The van der Waals surface area contributed by atoms with E-state index in [0.717, 1.165) is 22.6 Å². The van der Waals surface area contributed by atoms with Crippen LogP contribution in [0.25, 0.3) is 0 Å². The zero-order chi connectivity index (χ0) is 16.5. The van der Waals surface area contributed by atoms with Crippen LogP contribution in [0, 0.1) is 6.92 Å². The predicted octanol–water partition coefficient (Wildman–Crippen LogP) is 2.88. The van der Waals surface area contributed by atoms with E-state index in [1.54, 1.807) is 7.11 Å². The third-order valence-electron chi connectivity index (χ3n) is 3.28. The molecule has 0 saturated heterocycles. The van der Waals surface area contributed by atoms with Crippen LogP contribution in [0.15, 0.2) is 48.5 Å². The molecule has 2 aromatic carbocycles. The first-order valence-corrected chi connectivity index (χ1v) is 7.52. The fourth-order valence-electron chi connectivity index (χ4n) is 2.13. The lowest BCUT2D eigenvalue weighted by Gasteiger charge is -2.11. The molecule has 0 aliphatic carbocycles. The minimum atomic E-state index is -0.233. The molecule has 0 aliphatic rings. The lowest BCUT2D eigenvalue weighted by Crippen LogP contribution is -2.37. The van der Waals surface area contributed by atoms with Gasteiger partial charge in [0.2, 0.25) is 0 Å². The number of hydrogen-bond donors (Lipinski definition) is 2. The largest absolute Gasteiger partial charge is 0.496 e. The summed E-state index contributed by atoms with van der Waals surface area (Å²) < 4.78 is 10.8. The van der Waals surface area contributed by atoms with E-state index >= 15 is 0 Å². The van der Waals surface area contributed by atoms with Crippen molar-refractivity contribution in [3.63, 3.8) is 0 Å². The highest BCUT2D eigenvalue weighted by molar-refractivity contribution is 5.73. The second-order valence-electron chi connectivity index (χ2n) is 5.09. The molecule has 5 heteroatoms. The average Bonchev–Trinajstić information content (AvgIpc) is 2.57. The highest BCUT2D eigenvalue weighted by Crippen LogP contribution is 2.16. The number of carbonyl (C=O) groups excluding carboxylic acids is 1. The number of benzene rings is 2. The van der Waals surface area contributed by atoms with Crippen molar-refractivity contribution in [3.8, 4) is 11.5 Å². The van der Waals surface area contributed by atoms with Gasteiger partial charge in [0.25, 0.3) is 0 Å². The average molecular weight is 314 g/mol. The molecule has 122 valence electrons. The number of nitrogens with one attached hydrogen (secondary N) is 2. The quantitative estimate of drug-likeness (QED) is 0.773. The zero-order valence-corrected chi connectivity index (χ0v) is 13.5. The van der Waals surface area contributed by atoms with Gasteiger partial charge in [-0.3, -0.25) is 0 Å². The first-order chi connectivity index (χ1) is 11.2. The normalized spacial score (nSPS) is 10.0. The predicted molar refractivity (Wildman–Crippen MR) is 89.9 cm³/mol. The summed E-state index contributed by atoms with van der Waals surface area (Å²) in [6.45, 7) is 3.28. The van der Waals surface area contributed by atoms with Crippen molar-refractivity contribution in [1.82, 2.24) is 10.6 Å². The maximum Gasteiger partial charge on any atom is 0.315 e. The van der Waals surface area contributed by atoms with Crippen LogP contribution >= 0.6 is 0 Å². The molecule has 0 spiro atoms. The molecule has 0 aromatic heterocycles. The molecule has 0 saturated carbocycles. The molecular weight excluding hydrogens is 292 g/mol. The van der Waals surface area contributed by atoms with Crippen LogP contribution in [0.2, 0.25) is 0 Å². The summed E-state index contributed by atoms with van der Waals surface area (Å²) in [5, 5.41) is 5.56. The lowest BCUT2D eigenvalue weighted by molar-refractivity contribution is 0.236. The molecule has 2 N–H and O–H groups in total. The Balaban J connectivity index is 1.67. The summed E-state index contributed by atoms with van der Waals surface area (Å²) in [5.41, 5.74) is 2.08. The molecule has 2 aromatic rings. The topological polar surface area (TPSA) is 59.6 Å². The van der Waals surface area contributed by atoms with Gasteiger partial charge in [0.05, 0.1) is 13.7 Å². The van der Waals surface area contributed by atoms with Gasteiger partial charge in [0, 0.05) is 12.1 Å². The number of methoxy groups -OCH3 is 1. The van der Waals surface area contributed by atoms with E-state index in [2.05, 4.69) is 10.6 Å². The number of amides is 2. The van der Waals surface area contributed by atoms with Gasteiger partial charge in [-0.25, -0.2) is 4.79 Å². The second-order valence-corrected chi connectivity index (χ2v) is 5.09. The minimum absolute atomic E-state index is 0.233. The number of carbonyl (C=O) groups is 1. The summed E-state index contributed by atoms with van der Waals surface area (Å²) in [5.74, 6) is 1.57. The Morgan fingerprint density at radius 1 is 1.09 bits per heavy atom. The van der Waals surface area contributed by atoms with Crippen molar-refractivity contribution in [3.05, 3.63) is 59.7 Å². The molecule has 2 rings (SSSR count). The molecular formula is C18H22N2O3. The molecule has 0 unspecified atom stereocenters. The van der Waals surface area contributed by atoms with Gasteiger partial charge in [-0.05, 0) is 30.7 Å². The van der Waals surface area contributed by atoms with Crippen LogP contribution in [0.4, 0.5) is 4.79 Å². The summed E-state index contributed by atoms with van der Waals surface area (Å²) >= 11 is 0. The first-order valence-electron chi connectivity index (χ1n) is 7.52. The highest BCUT2D eigenvalue weighted by atomic mass is 16.5. The first kappa shape index (κ1) is 16.7. The smallest absolute Gasteiger partial charge is 0.315 e. The Bertz CT molecular complexity index is 644. The Labute approximate surface area is 136 Å². The maximum atomic E-state index is 11.8. The van der Waals surface area contributed by atoms with Crippen LogP contribution in [-0.2, 0) is 6.54 Å². The van der Waals surface area contributed by atoms with Gasteiger partial charge in [0.1, 0.15) is 18.1 Å². The zero-order valence-electron chi connectivity index (χ0n) is 13.5. The van der Waals surface area contributed by atoms with Crippen molar-refractivity contribution in [2.24, 2.45) is 0 Å². The van der Waals surface area contributed by atoms with Gasteiger partial charge in [-0.2, -0.15) is 0 Å². The third-order valence-corrected chi connectivity index (χ3v) is 3.28. The SMILES string of the molecule is COc1ccccc1CNC(=O)NCCOc1cccc(C)c1. The number of para-hydroxylation sites is 1. The monoisotopic (exact) mass is 314 g/mol. The number of hydrogen-bond acceptors (Lipinski definition) is 3. The molecule has 0 radical (unpaired) electrons. The van der Waals surface area contributed by atoms with Gasteiger partial charge in [-0.1, -0.05) is 30.3 Å². The molecule has 2 amide bonds. The summed E-state index contributed by atoms with van der Waals surface area (Å²) in [7, 11) is 1.61. The van der Waals surface area contributed by atoms with Crippen LogP contribution in [0.5, 0.6) is 11.5 Å². The Morgan fingerprint density at radius 3 is 2.70 bits per heavy atom. The van der Waals surface area contributed by atoms with E-state index in [-0.39, 0.29) is 6.03 Å². The molecule has 0 heterocycles. The van der Waals surface area contributed by atoms with Crippen molar-refractivity contribution in [1.29, 1.82) is 0 Å². The van der Waals surface area contributed by atoms with E-state index in [1.807, 2.05) is 55.5 Å². The number of rotatable bonds is 7. The molecule has 23 heavy (non-hydrogen) atoms. The molecule has 0 bridgehead atoms. The summed E-state index contributed by atoms with van der Waals surface area (Å²) in [6.07, 6.45) is 0. The van der Waals surface area contributed by atoms with Crippen LogP contribution in [0.3, 0.4) is 0 Å². The number of ether oxygens (including phenoxy) is 2. The second kappa shape index (κ2) is 8.68. The Hall–Kier alpha value is -2.69. The fraction of sp³-hybridized carbons (Fsp3) is 0.278. The van der Waals surface area contributed by atoms with Crippen LogP contribution < -0.4 is 20.1 Å². The minimum Gasteiger partial charge on any atom is -0.496 e. The lowest BCUT2D eigenvalue weighted by atomic mass is 10.2. The number of urea groups is 1. The molecule has 5 nitrogen and oxygen atoms in total. The van der Waals surface area contributed by atoms with E-state index in [9.17, 15) is 4.79 Å². The Morgan fingerprint density at radius 2 is 1.91 bits per heavy atom. The van der Waals surface area contributed by atoms with Crippen molar-refractivity contribution >= 4 is 6.03 Å². The van der Waals surface area contributed by atoms with Crippen LogP contribution in [0.1, 0.15) is 11.1 Å². The molecule has 0 aliphatic heterocycles. The van der Waals surface area contributed by atoms with E-state index in [4.69, 9.17) is 9.47 Å². The standard InChI is InChI=1S/C18H22N2O3/c1-14-6-5-8-16(12-14)23-11-10-19-18(21)20-13-15-7-3-4-9-17(15)22-2/h3-9,12H,10-11,13H2,1-2H3,(H2,19,20,21). The van der Waals surface area contributed by atoms with E-state index in [1.165, 1.54) is 0 Å². The summed E-state index contributed by atoms with van der Waals surface area (Å²) in [6, 6.07) is 15.2. The van der Waals surface area contributed by atoms with Gasteiger partial charge in [0.15, 0.2) is 0 Å². The Kier molecular flexibility index (Phi) is 6.29. The highest BCUT2D eigenvalue weighted by Gasteiger charge is 2.04. The molecule has 0 fully saturated rings. The van der Waals surface area contributed by atoms with Crippen molar-refractivity contribution < 1.29 is 14.3 Å². The number of aryl methyl sites for hydroxylation is 1. The van der Waals surface area contributed by atoms with E-state index < -0.39 is 0 Å². The van der Waals surface area contributed by atoms with Crippen LogP contribution in [-0.4, -0.2) is 26.3 Å². The van der Waals surface area contributed by atoms with Crippen molar-refractivity contribution in [2.75, 3.05) is 20.3 Å². The third kappa shape index (κ3) is 5.54. The fourth-order valence-corrected chi connectivity index (χ4v) is 2.13. The summed E-state index contributed by atoms with van der Waals surface area (Å²) in [4.78, 5) is 11.8. The van der Waals surface area contributed by atoms with Crippen molar-refractivity contribution in [2.45, 2.75) is 13.5 Å². The van der Waals surface area contributed by atoms with Gasteiger partial charge < -0.3 is 20.1 Å². The maximum absolute atomic E-state index is 11.8. The van der Waals surface area contributed by atoms with Gasteiger partial charge in [-0.15, -0.1) is 0 Å². The van der Waals surface area contributed by atoms with Gasteiger partial charge >= 0.3 is 6.03 Å². The molecule has 0 atom stereocenters.